The third-order valence-corrected chi connectivity index (χ3v) is 4.68. The molecule has 0 saturated carbocycles. The highest BCUT2D eigenvalue weighted by molar-refractivity contribution is 5.07. The maximum Gasteiger partial charge on any atom is 0.108 e. The molecule has 3 heterocycles. The molecule has 0 bridgehead atoms. The number of aliphatic hydroxyl groups excluding tert-OH is 1. The van der Waals surface area contributed by atoms with Crippen molar-refractivity contribution in [1.29, 1.82) is 0 Å². The zero-order valence-corrected chi connectivity index (χ0v) is 12.5. The first-order valence-electron chi connectivity index (χ1n) is 7.81. The van der Waals surface area contributed by atoms with E-state index in [-0.39, 0.29) is 0 Å². The van der Waals surface area contributed by atoms with E-state index in [1.807, 2.05) is 0 Å². The van der Waals surface area contributed by atoms with Crippen LogP contribution >= 0.6 is 0 Å². The quantitative estimate of drug-likeness (QED) is 0.856. The molecule has 1 fully saturated rings. The van der Waals surface area contributed by atoms with E-state index in [4.69, 9.17) is 4.98 Å². The summed E-state index contributed by atoms with van der Waals surface area (Å²) in [6.07, 6.45) is 5.34. The van der Waals surface area contributed by atoms with Gasteiger partial charge in [0, 0.05) is 70.8 Å². The molecule has 1 atom stereocenters. The van der Waals surface area contributed by atoms with Crippen LogP contribution in [0.5, 0.6) is 0 Å². The Balaban J connectivity index is 1.53. The molecule has 5 nitrogen and oxygen atoms in total. The number of imidazole rings is 1. The van der Waals surface area contributed by atoms with E-state index in [9.17, 15) is 5.11 Å². The number of likely N-dealkylation sites (N-methyl/N-ethyl adjacent to an activating group) is 1. The molecule has 1 aromatic rings. The Labute approximate surface area is 121 Å². The second-order valence-electron chi connectivity index (χ2n) is 6.28. The van der Waals surface area contributed by atoms with Gasteiger partial charge in [-0.3, -0.25) is 0 Å². The molecule has 112 valence electrons. The minimum absolute atomic E-state index is 0.300. The summed E-state index contributed by atoms with van der Waals surface area (Å²) in [5, 5.41) is 9.27. The summed E-state index contributed by atoms with van der Waals surface area (Å²) in [6, 6.07) is 0. The van der Waals surface area contributed by atoms with Crippen LogP contribution in [0.15, 0.2) is 6.20 Å². The molecule has 5 heteroatoms. The molecule has 3 rings (SSSR count). The summed E-state index contributed by atoms with van der Waals surface area (Å²) >= 11 is 0. The number of nitrogens with zero attached hydrogens (tertiary/aromatic N) is 4. The first-order valence-corrected chi connectivity index (χ1v) is 7.81. The highest BCUT2D eigenvalue weighted by Crippen LogP contribution is 2.19. The molecule has 1 N–H and O–H groups in total. The highest BCUT2D eigenvalue weighted by atomic mass is 16.3. The number of piperazine rings is 1. The molecule has 2 aliphatic rings. The molecular weight excluding hydrogens is 252 g/mol. The molecular formula is C15H26N4O. The van der Waals surface area contributed by atoms with Gasteiger partial charge >= 0.3 is 0 Å². The Bertz CT molecular complexity index is 437. The van der Waals surface area contributed by atoms with Crippen LogP contribution in [0, 0.1) is 5.92 Å². The lowest BCUT2D eigenvalue weighted by molar-refractivity contribution is 0.155. The monoisotopic (exact) mass is 278 g/mol. The molecule has 1 saturated heterocycles. The fourth-order valence-electron chi connectivity index (χ4n) is 3.19. The van der Waals surface area contributed by atoms with Crippen LogP contribution in [0.4, 0.5) is 0 Å². The number of hydrogen-bond acceptors (Lipinski definition) is 4. The molecule has 0 aliphatic carbocycles. The summed E-state index contributed by atoms with van der Waals surface area (Å²) in [6.45, 7) is 7.07. The van der Waals surface area contributed by atoms with Crippen LogP contribution in [0.3, 0.4) is 0 Å². The molecule has 0 amide bonds. The predicted molar refractivity (Wildman–Crippen MR) is 78.8 cm³/mol. The Morgan fingerprint density at radius 3 is 2.85 bits per heavy atom. The first kappa shape index (κ1) is 14.0. The summed E-state index contributed by atoms with van der Waals surface area (Å²) in [7, 11) is 2.19. The molecule has 20 heavy (non-hydrogen) atoms. The van der Waals surface area contributed by atoms with Gasteiger partial charge in [-0.2, -0.15) is 0 Å². The largest absolute Gasteiger partial charge is 0.396 e. The van der Waals surface area contributed by atoms with Crippen molar-refractivity contribution in [3.63, 3.8) is 0 Å². The summed E-state index contributed by atoms with van der Waals surface area (Å²) < 4.78 is 2.25. The van der Waals surface area contributed by atoms with E-state index in [0.717, 1.165) is 32.4 Å². The SMILES string of the molecule is CN1CCN(CCc2cn3c(n2)CCC(CO)C3)CC1. The summed E-state index contributed by atoms with van der Waals surface area (Å²) in [5.41, 5.74) is 1.22. The lowest BCUT2D eigenvalue weighted by Crippen LogP contribution is -2.45. The van der Waals surface area contributed by atoms with Crippen LogP contribution in [-0.2, 0) is 19.4 Å². The molecule has 0 spiro atoms. The van der Waals surface area contributed by atoms with Crippen LogP contribution in [0.25, 0.3) is 0 Å². The normalized spacial score (nSPS) is 24.8. The van der Waals surface area contributed by atoms with Gasteiger partial charge in [0.05, 0.1) is 5.69 Å². The number of hydrogen-bond donors (Lipinski definition) is 1. The van der Waals surface area contributed by atoms with E-state index >= 15 is 0 Å². The average Bonchev–Trinajstić information content (AvgIpc) is 2.88. The molecule has 1 unspecified atom stereocenters. The van der Waals surface area contributed by atoms with E-state index in [0.29, 0.717) is 12.5 Å². The summed E-state index contributed by atoms with van der Waals surface area (Å²) in [4.78, 5) is 9.69. The van der Waals surface area contributed by atoms with Crippen molar-refractivity contribution in [2.24, 2.45) is 5.92 Å². The van der Waals surface area contributed by atoms with Crippen molar-refractivity contribution in [3.8, 4) is 0 Å². The molecule has 0 aromatic carbocycles. The standard InChI is InChI=1S/C15H26N4O/c1-17-6-8-18(9-7-17)5-4-14-11-19-10-13(12-20)2-3-15(19)16-14/h11,13,20H,2-10,12H2,1H3. The van der Waals surface area contributed by atoms with Crippen LogP contribution in [0.1, 0.15) is 17.9 Å². The zero-order valence-electron chi connectivity index (χ0n) is 12.5. The van der Waals surface area contributed by atoms with Crippen molar-refractivity contribution < 1.29 is 5.11 Å². The lowest BCUT2D eigenvalue weighted by Gasteiger charge is -2.32. The van der Waals surface area contributed by atoms with Crippen molar-refractivity contribution >= 4 is 0 Å². The van der Waals surface area contributed by atoms with E-state index in [1.165, 1.54) is 37.7 Å². The van der Waals surface area contributed by atoms with Gasteiger partial charge in [-0.1, -0.05) is 0 Å². The summed E-state index contributed by atoms with van der Waals surface area (Å²) in [5.74, 6) is 1.63. The number of aliphatic hydroxyl groups is 1. The number of rotatable bonds is 4. The van der Waals surface area contributed by atoms with Crippen LogP contribution in [-0.4, -0.2) is 70.8 Å². The van der Waals surface area contributed by atoms with Gasteiger partial charge < -0.3 is 19.5 Å². The van der Waals surface area contributed by atoms with Gasteiger partial charge in [-0.05, 0) is 13.5 Å². The van der Waals surface area contributed by atoms with Gasteiger partial charge in [0.25, 0.3) is 0 Å². The fourth-order valence-corrected chi connectivity index (χ4v) is 3.19. The molecule has 0 radical (unpaired) electrons. The van der Waals surface area contributed by atoms with Gasteiger partial charge in [0.2, 0.25) is 0 Å². The van der Waals surface area contributed by atoms with Crippen molar-refractivity contribution in [3.05, 3.63) is 17.7 Å². The van der Waals surface area contributed by atoms with E-state index in [2.05, 4.69) is 27.6 Å². The number of aryl methyl sites for hydroxylation is 1. The zero-order chi connectivity index (χ0) is 13.9. The van der Waals surface area contributed by atoms with Crippen LogP contribution in [0.2, 0.25) is 0 Å². The maximum absolute atomic E-state index is 9.27. The minimum Gasteiger partial charge on any atom is -0.396 e. The highest BCUT2D eigenvalue weighted by Gasteiger charge is 2.20. The molecule has 2 aliphatic heterocycles. The third kappa shape index (κ3) is 3.22. The first-order chi connectivity index (χ1) is 9.74. The number of aromatic nitrogens is 2. The third-order valence-electron chi connectivity index (χ3n) is 4.68. The second kappa shape index (κ2) is 6.24. The van der Waals surface area contributed by atoms with Crippen molar-refractivity contribution in [2.75, 3.05) is 46.4 Å². The Morgan fingerprint density at radius 2 is 2.10 bits per heavy atom. The van der Waals surface area contributed by atoms with E-state index in [1.54, 1.807) is 0 Å². The van der Waals surface area contributed by atoms with E-state index < -0.39 is 0 Å². The minimum atomic E-state index is 0.300. The van der Waals surface area contributed by atoms with Crippen LogP contribution < -0.4 is 0 Å². The number of fused-ring (bicyclic) bond motifs is 1. The predicted octanol–water partition coefficient (Wildman–Crippen LogP) is 0.228. The lowest BCUT2D eigenvalue weighted by atomic mass is 10.0. The maximum atomic E-state index is 9.27. The Morgan fingerprint density at radius 1 is 1.30 bits per heavy atom. The molecule has 1 aromatic heterocycles. The van der Waals surface area contributed by atoms with Gasteiger partial charge in [-0.25, -0.2) is 4.98 Å². The topological polar surface area (TPSA) is 44.5 Å². The average molecular weight is 278 g/mol. The van der Waals surface area contributed by atoms with Crippen molar-refractivity contribution in [2.45, 2.75) is 25.8 Å². The van der Waals surface area contributed by atoms with Crippen molar-refractivity contribution in [1.82, 2.24) is 19.4 Å². The van der Waals surface area contributed by atoms with Gasteiger partial charge in [-0.15, -0.1) is 0 Å². The smallest absolute Gasteiger partial charge is 0.108 e. The Kier molecular flexibility index (Phi) is 4.38. The van der Waals surface area contributed by atoms with Gasteiger partial charge in [0.1, 0.15) is 5.82 Å². The fraction of sp³-hybridized carbons (Fsp3) is 0.800. The Hall–Kier alpha value is -0.910. The second-order valence-corrected chi connectivity index (χ2v) is 6.28. The van der Waals surface area contributed by atoms with Gasteiger partial charge in [0.15, 0.2) is 0 Å².